The van der Waals surface area contributed by atoms with E-state index in [1.807, 2.05) is 26.0 Å². The van der Waals surface area contributed by atoms with E-state index in [4.69, 9.17) is 27.9 Å². The molecule has 2 rings (SSSR count). The number of aromatic nitrogens is 2. The third-order valence-corrected chi connectivity index (χ3v) is 4.19. The van der Waals surface area contributed by atoms with E-state index >= 15 is 0 Å². The molecule has 0 aliphatic heterocycles. The molecule has 0 unspecified atom stereocenters. The van der Waals surface area contributed by atoms with Gasteiger partial charge in [0.1, 0.15) is 5.15 Å². The van der Waals surface area contributed by atoms with E-state index in [0.717, 1.165) is 5.56 Å². The molecule has 6 nitrogen and oxygen atoms in total. The summed E-state index contributed by atoms with van der Waals surface area (Å²) < 4.78 is 6.54. The van der Waals surface area contributed by atoms with Gasteiger partial charge in [0.25, 0.3) is 5.91 Å². The molecule has 0 radical (unpaired) electrons. The molecule has 0 aliphatic carbocycles. The van der Waals surface area contributed by atoms with Gasteiger partial charge in [0.2, 0.25) is 0 Å². The van der Waals surface area contributed by atoms with Gasteiger partial charge in [-0.1, -0.05) is 35.3 Å². The molecule has 0 fully saturated rings. The molecule has 8 heteroatoms. The Morgan fingerprint density at radius 3 is 2.56 bits per heavy atom. The highest BCUT2D eigenvalue weighted by molar-refractivity contribution is 6.31. The molecule has 0 saturated heterocycles. The molecule has 1 heterocycles. The Balaban J connectivity index is 2.01. The molecular formula is C19H21Cl2N3O3. The summed E-state index contributed by atoms with van der Waals surface area (Å²) in [5.41, 5.74) is 2.29. The predicted molar refractivity (Wildman–Crippen MR) is 106 cm³/mol. The van der Waals surface area contributed by atoms with Crippen molar-refractivity contribution in [3.8, 4) is 0 Å². The zero-order valence-electron chi connectivity index (χ0n) is 15.3. The van der Waals surface area contributed by atoms with Crippen LogP contribution in [0.3, 0.4) is 0 Å². The minimum absolute atomic E-state index is 0.0142. The summed E-state index contributed by atoms with van der Waals surface area (Å²) >= 11 is 12.3. The molecule has 1 N–H and O–H groups in total. The molecule has 27 heavy (non-hydrogen) atoms. The van der Waals surface area contributed by atoms with Gasteiger partial charge in [-0.25, -0.2) is 9.48 Å². The molecule has 1 aromatic carbocycles. The summed E-state index contributed by atoms with van der Waals surface area (Å²) in [5, 5.41) is 8.10. The maximum absolute atomic E-state index is 11.8. The van der Waals surface area contributed by atoms with Gasteiger partial charge in [-0.2, -0.15) is 5.10 Å². The Kier molecular flexibility index (Phi) is 7.45. The first kappa shape index (κ1) is 21.0. The molecule has 1 aromatic heterocycles. The number of halogens is 2. The van der Waals surface area contributed by atoms with Crippen molar-refractivity contribution in [2.24, 2.45) is 0 Å². The number of benzene rings is 1. The highest BCUT2D eigenvalue weighted by Gasteiger charge is 2.12. The van der Waals surface area contributed by atoms with Gasteiger partial charge in [-0.15, -0.1) is 0 Å². The first-order valence-corrected chi connectivity index (χ1v) is 9.13. The van der Waals surface area contributed by atoms with Crippen molar-refractivity contribution in [3.63, 3.8) is 0 Å². The number of nitrogens with zero attached hydrogens (tertiary/aromatic N) is 2. The van der Waals surface area contributed by atoms with Crippen molar-refractivity contribution in [2.45, 2.75) is 33.4 Å². The van der Waals surface area contributed by atoms with Gasteiger partial charge >= 0.3 is 5.97 Å². The van der Waals surface area contributed by atoms with Crippen molar-refractivity contribution in [2.75, 3.05) is 6.61 Å². The average molecular weight is 410 g/mol. The van der Waals surface area contributed by atoms with Crippen LogP contribution < -0.4 is 5.32 Å². The van der Waals surface area contributed by atoms with E-state index in [-0.39, 0.29) is 18.6 Å². The molecule has 0 spiro atoms. The quantitative estimate of drug-likeness (QED) is 0.559. The van der Waals surface area contributed by atoms with Gasteiger partial charge in [0, 0.05) is 22.7 Å². The Morgan fingerprint density at radius 2 is 1.93 bits per heavy atom. The first-order valence-electron chi connectivity index (χ1n) is 8.37. The highest BCUT2D eigenvalue weighted by atomic mass is 35.5. The van der Waals surface area contributed by atoms with Crippen LogP contribution in [0.25, 0.3) is 6.08 Å². The summed E-state index contributed by atoms with van der Waals surface area (Å²) in [4.78, 5) is 23.3. The van der Waals surface area contributed by atoms with Crippen molar-refractivity contribution in [1.29, 1.82) is 0 Å². The summed E-state index contributed by atoms with van der Waals surface area (Å²) in [6, 6.07) is 7.37. The normalized spacial score (nSPS) is 11.2. The van der Waals surface area contributed by atoms with Crippen LogP contribution in [0.1, 0.15) is 30.7 Å². The number of rotatable bonds is 7. The molecule has 1 amide bonds. The number of ether oxygens (including phenoxy) is 1. The lowest BCUT2D eigenvalue weighted by Gasteiger charge is -2.07. The van der Waals surface area contributed by atoms with Crippen LogP contribution >= 0.6 is 23.2 Å². The van der Waals surface area contributed by atoms with E-state index in [2.05, 4.69) is 10.4 Å². The van der Waals surface area contributed by atoms with E-state index in [1.165, 1.54) is 12.2 Å². The van der Waals surface area contributed by atoms with Crippen LogP contribution in [0.2, 0.25) is 10.2 Å². The Labute approximate surface area is 168 Å². The molecule has 0 atom stereocenters. The predicted octanol–water partition coefficient (Wildman–Crippen LogP) is 3.63. The Hall–Kier alpha value is -2.31. The summed E-state index contributed by atoms with van der Waals surface area (Å²) in [7, 11) is 0. The number of amides is 1. The van der Waals surface area contributed by atoms with Crippen LogP contribution in [-0.2, 0) is 20.9 Å². The smallest absolute Gasteiger partial charge is 0.331 e. The van der Waals surface area contributed by atoms with Crippen LogP contribution in [0.5, 0.6) is 0 Å². The number of aryl methyl sites for hydroxylation is 1. The maximum Gasteiger partial charge on any atom is 0.331 e. The zero-order valence-corrected chi connectivity index (χ0v) is 16.8. The number of hydrogen-bond acceptors (Lipinski definition) is 4. The standard InChI is InChI=1S/C19H21Cl2N3O3/c1-12(2)22-17(25)11-27-18(26)9-8-16-13(3)23-24(19(16)21)10-14-4-6-15(20)7-5-14/h4-9,12H,10-11H2,1-3H3,(H,22,25)/b9-8+. The van der Waals surface area contributed by atoms with E-state index in [0.29, 0.717) is 28.0 Å². The Morgan fingerprint density at radius 1 is 1.26 bits per heavy atom. The lowest BCUT2D eigenvalue weighted by atomic mass is 10.2. The first-order chi connectivity index (χ1) is 12.8. The van der Waals surface area contributed by atoms with Crippen LogP contribution in [0.15, 0.2) is 30.3 Å². The van der Waals surface area contributed by atoms with Crippen molar-refractivity contribution in [1.82, 2.24) is 15.1 Å². The number of carbonyl (C=O) groups excluding carboxylic acids is 2. The zero-order chi connectivity index (χ0) is 20.0. The van der Waals surface area contributed by atoms with E-state index in [1.54, 1.807) is 23.7 Å². The summed E-state index contributed by atoms with van der Waals surface area (Å²) in [6.45, 7) is 5.60. The SMILES string of the molecule is Cc1nn(Cc2ccc(Cl)cc2)c(Cl)c1/C=C/C(=O)OCC(=O)NC(C)C. The van der Waals surface area contributed by atoms with Gasteiger partial charge in [-0.05, 0) is 44.5 Å². The van der Waals surface area contributed by atoms with Gasteiger partial charge < -0.3 is 10.1 Å². The van der Waals surface area contributed by atoms with E-state index < -0.39 is 5.97 Å². The number of esters is 1. The fourth-order valence-electron chi connectivity index (χ4n) is 2.32. The van der Waals surface area contributed by atoms with Crippen molar-refractivity contribution < 1.29 is 14.3 Å². The molecule has 2 aromatic rings. The lowest BCUT2D eigenvalue weighted by molar-refractivity contribution is -0.143. The third-order valence-electron chi connectivity index (χ3n) is 3.54. The second-order valence-corrected chi connectivity index (χ2v) is 7.03. The topological polar surface area (TPSA) is 73.2 Å². The molecule has 144 valence electrons. The van der Waals surface area contributed by atoms with Crippen molar-refractivity contribution >= 4 is 41.2 Å². The Bertz CT molecular complexity index is 843. The fourth-order valence-corrected chi connectivity index (χ4v) is 2.75. The second kappa shape index (κ2) is 9.58. The molecule has 0 saturated carbocycles. The minimum atomic E-state index is -0.630. The lowest BCUT2D eigenvalue weighted by Crippen LogP contribution is -2.33. The van der Waals surface area contributed by atoms with Gasteiger partial charge in [-0.3, -0.25) is 4.79 Å². The van der Waals surface area contributed by atoms with Gasteiger partial charge in [0.05, 0.1) is 12.2 Å². The third kappa shape index (κ3) is 6.41. The molecular weight excluding hydrogens is 389 g/mol. The van der Waals surface area contributed by atoms with Crippen LogP contribution in [0, 0.1) is 6.92 Å². The number of nitrogens with one attached hydrogen (secondary N) is 1. The van der Waals surface area contributed by atoms with Crippen LogP contribution in [-0.4, -0.2) is 34.3 Å². The molecule has 0 bridgehead atoms. The fraction of sp³-hybridized carbons (Fsp3) is 0.316. The monoisotopic (exact) mass is 409 g/mol. The van der Waals surface area contributed by atoms with Crippen molar-refractivity contribution in [3.05, 3.63) is 57.3 Å². The number of carbonyl (C=O) groups is 2. The summed E-state index contributed by atoms with van der Waals surface area (Å²) in [6.07, 6.45) is 2.76. The largest absolute Gasteiger partial charge is 0.452 e. The second-order valence-electron chi connectivity index (χ2n) is 6.24. The minimum Gasteiger partial charge on any atom is -0.452 e. The average Bonchev–Trinajstić information content (AvgIpc) is 2.86. The summed E-state index contributed by atoms with van der Waals surface area (Å²) in [5.74, 6) is -0.980. The maximum atomic E-state index is 11.8. The highest BCUT2D eigenvalue weighted by Crippen LogP contribution is 2.22. The van der Waals surface area contributed by atoms with Crippen LogP contribution in [0.4, 0.5) is 0 Å². The van der Waals surface area contributed by atoms with E-state index in [9.17, 15) is 9.59 Å². The van der Waals surface area contributed by atoms with Gasteiger partial charge in [0.15, 0.2) is 6.61 Å². The number of hydrogen-bond donors (Lipinski definition) is 1. The molecule has 0 aliphatic rings.